The molecule has 0 aliphatic rings. The van der Waals surface area contributed by atoms with Crippen molar-refractivity contribution in [2.75, 3.05) is 7.11 Å². The number of esters is 1. The third kappa shape index (κ3) is 3.97. The molecule has 1 aromatic carbocycles. The van der Waals surface area contributed by atoms with Gasteiger partial charge in [-0.1, -0.05) is 13.8 Å². The van der Waals surface area contributed by atoms with Crippen LogP contribution < -0.4 is 10.9 Å². The molecule has 1 N–H and O–H groups in total. The summed E-state index contributed by atoms with van der Waals surface area (Å²) in [5.41, 5.74) is 3.25. The molecule has 2 heterocycles. The number of methoxy groups -OCH3 is 1. The van der Waals surface area contributed by atoms with Crippen molar-refractivity contribution in [3.63, 3.8) is 0 Å². The number of benzene rings is 1. The first-order valence-electron chi connectivity index (χ1n) is 9.94. The fraction of sp³-hybridized carbons (Fsp3) is 0.435. The van der Waals surface area contributed by atoms with Crippen molar-refractivity contribution in [1.29, 1.82) is 0 Å². The first-order valence-corrected chi connectivity index (χ1v) is 9.94. The predicted molar refractivity (Wildman–Crippen MR) is 114 cm³/mol. The van der Waals surface area contributed by atoms with Gasteiger partial charge in [0.05, 0.1) is 25.4 Å². The summed E-state index contributed by atoms with van der Waals surface area (Å²) in [6, 6.07) is 1.16. The molecule has 30 heavy (non-hydrogen) atoms. The maximum Gasteiger partial charge on any atom is 0.340 e. The van der Waals surface area contributed by atoms with E-state index in [1.807, 2.05) is 33.8 Å². The molecule has 160 valence electrons. The molecular weight excluding hydrogens is 386 g/mol. The number of ether oxygens (including phenoxy) is 1. The van der Waals surface area contributed by atoms with E-state index in [4.69, 9.17) is 13.6 Å². The molecular formula is C23H27NO6. The van der Waals surface area contributed by atoms with Crippen molar-refractivity contribution in [3.8, 4) is 0 Å². The largest absolute Gasteiger partial charge is 0.467 e. The summed E-state index contributed by atoms with van der Waals surface area (Å²) in [5, 5.41) is 4.39. The van der Waals surface area contributed by atoms with E-state index in [9.17, 15) is 14.4 Å². The highest BCUT2D eigenvalue weighted by molar-refractivity contribution is 6.00. The molecule has 7 nitrogen and oxygen atoms in total. The van der Waals surface area contributed by atoms with Crippen LogP contribution in [0.5, 0.6) is 0 Å². The van der Waals surface area contributed by atoms with Crippen molar-refractivity contribution in [2.24, 2.45) is 5.92 Å². The van der Waals surface area contributed by atoms with Crippen molar-refractivity contribution in [1.82, 2.24) is 5.32 Å². The zero-order valence-electron chi connectivity index (χ0n) is 18.2. The van der Waals surface area contributed by atoms with Crippen LogP contribution in [0.3, 0.4) is 0 Å². The molecule has 1 atom stereocenters. The Morgan fingerprint density at radius 1 is 1.10 bits per heavy atom. The van der Waals surface area contributed by atoms with Gasteiger partial charge >= 0.3 is 11.6 Å². The second kappa shape index (κ2) is 8.34. The van der Waals surface area contributed by atoms with Crippen molar-refractivity contribution >= 4 is 33.8 Å². The van der Waals surface area contributed by atoms with E-state index in [0.29, 0.717) is 23.2 Å². The van der Waals surface area contributed by atoms with E-state index in [0.717, 1.165) is 21.9 Å². The highest BCUT2D eigenvalue weighted by atomic mass is 16.5. The molecule has 0 unspecified atom stereocenters. The Morgan fingerprint density at radius 2 is 1.80 bits per heavy atom. The molecule has 2 aromatic heterocycles. The van der Waals surface area contributed by atoms with Gasteiger partial charge in [0.25, 0.3) is 0 Å². The zero-order chi connectivity index (χ0) is 22.2. The van der Waals surface area contributed by atoms with Gasteiger partial charge in [-0.05, 0) is 50.3 Å². The van der Waals surface area contributed by atoms with Gasteiger partial charge in [-0.2, -0.15) is 0 Å². The molecule has 3 rings (SSSR count). The van der Waals surface area contributed by atoms with E-state index in [1.54, 1.807) is 13.2 Å². The summed E-state index contributed by atoms with van der Waals surface area (Å²) in [4.78, 5) is 37.3. The highest BCUT2D eigenvalue weighted by Gasteiger charge is 2.24. The number of hydrogen-bond acceptors (Lipinski definition) is 6. The second-order valence-electron chi connectivity index (χ2n) is 8.12. The second-order valence-corrected chi connectivity index (χ2v) is 8.12. The Kier molecular flexibility index (Phi) is 6.01. The number of rotatable bonds is 6. The first-order chi connectivity index (χ1) is 14.1. The number of hydrogen-bond donors (Lipinski definition) is 1. The van der Waals surface area contributed by atoms with Gasteiger partial charge in [0.2, 0.25) is 5.91 Å². The average Bonchev–Trinajstić information content (AvgIpc) is 3.06. The Morgan fingerprint density at radius 3 is 2.43 bits per heavy atom. The molecule has 0 aliphatic heterocycles. The number of furan rings is 1. The monoisotopic (exact) mass is 413 g/mol. The smallest absolute Gasteiger partial charge is 0.340 e. The van der Waals surface area contributed by atoms with Crippen LogP contribution in [0.25, 0.3) is 21.9 Å². The number of amides is 1. The predicted octanol–water partition coefficient (Wildman–Crippen LogP) is 3.71. The maximum atomic E-state index is 12.7. The van der Waals surface area contributed by atoms with Crippen LogP contribution in [0.15, 0.2) is 26.0 Å². The standard InChI is InChI=1S/C23H27NO6/c1-11(2)7-18(23(27)28-6)24-19(25)9-17-13(4)16-8-15-12(3)10-29-20(15)14(5)21(16)30-22(17)26/h8,10-11,18H,7,9H2,1-6H3,(H,24,25)/t18-/m0/s1. The van der Waals surface area contributed by atoms with Gasteiger partial charge in [0, 0.05) is 16.3 Å². The molecule has 3 aromatic rings. The van der Waals surface area contributed by atoms with Crippen molar-refractivity contribution in [3.05, 3.63) is 45.0 Å². The van der Waals surface area contributed by atoms with Crippen LogP contribution in [0.1, 0.15) is 42.5 Å². The van der Waals surface area contributed by atoms with Crippen molar-refractivity contribution < 1.29 is 23.2 Å². The highest BCUT2D eigenvalue weighted by Crippen LogP contribution is 2.32. The van der Waals surface area contributed by atoms with Crippen LogP contribution in [-0.4, -0.2) is 25.0 Å². The molecule has 0 saturated heterocycles. The molecule has 1 amide bonds. The molecule has 0 aliphatic carbocycles. The maximum absolute atomic E-state index is 12.7. The minimum absolute atomic E-state index is 0.183. The SMILES string of the molecule is COC(=O)[C@H](CC(C)C)NC(=O)Cc1c(C)c2cc3c(C)coc3c(C)c2oc1=O. The lowest BCUT2D eigenvalue weighted by atomic mass is 9.98. The zero-order valence-corrected chi connectivity index (χ0v) is 18.2. The number of carbonyl (C=O) groups is 2. The van der Waals surface area contributed by atoms with E-state index in [-0.39, 0.29) is 17.9 Å². The molecule has 0 radical (unpaired) electrons. The van der Waals surface area contributed by atoms with E-state index >= 15 is 0 Å². The lowest BCUT2D eigenvalue weighted by Crippen LogP contribution is -2.43. The van der Waals surface area contributed by atoms with Gasteiger partial charge in [-0.25, -0.2) is 9.59 Å². The summed E-state index contributed by atoms with van der Waals surface area (Å²) in [6.45, 7) is 9.49. The lowest BCUT2D eigenvalue weighted by molar-refractivity contribution is -0.145. The van der Waals surface area contributed by atoms with E-state index < -0.39 is 23.5 Å². The normalized spacial score (nSPS) is 12.5. The number of fused-ring (bicyclic) bond motifs is 2. The Labute approximate surface area is 174 Å². The van der Waals surface area contributed by atoms with Crippen LogP contribution in [0.2, 0.25) is 0 Å². The average molecular weight is 413 g/mol. The fourth-order valence-corrected chi connectivity index (χ4v) is 3.76. The molecule has 0 fully saturated rings. The number of aryl methyl sites for hydroxylation is 3. The van der Waals surface area contributed by atoms with Crippen molar-refractivity contribution in [2.45, 2.75) is 53.5 Å². The molecule has 0 bridgehead atoms. The van der Waals surface area contributed by atoms with Gasteiger partial charge in [0.1, 0.15) is 17.2 Å². The third-order valence-corrected chi connectivity index (χ3v) is 5.40. The van der Waals surface area contributed by atoms with Gasteiger partial charge < -0.3 is 18.9 Å². The van der Waals surface area contributed by atoms with Gasteiger partial charge in [-0.3, -0.25) is 4.79 Å². The van der Waals surface area contributed by atoms with Crippen LogP contribution in [0.4, 0.5) is 0 Å². The summed E-state index contributed by atoms with van der Waals surface area (Å²) < 4.78 is 16.0. The van der Waals surface area contributed by atoms with E-state index in [2.05, 4.69) is 5.32 Å². The van der Waals surface area contributed by atoms with Gasteiger partial charge in [-0.15, -0.1) is 0 Å². The molecule has 7 heteroatoms. The number of carbonyl (C=O) groups excluding carboxylic acids is 2. The van der Waals surface area contributed by atoms with Crippen LogP contribution in [-0.2, 0) is 20.7 Å². The Hall–Kier alpha value is -3.09. The van der Waals surface area contributed by atoms with Gasteiger partial charge in [0.15, 0.2) is 0 Å². The number of nitrogens with one attached hydrogen (secondary N) is 1. The third-order valence-electron chi connectivity index (χ3n) is 5.40. The minimum atomic E-state index is -0.759. The minimum Gasteiger partial charge on any atom is -0.467 e. The summed E-state index contributed by atoms with van der Waals surface area (Å²) >= 11 is 0. The van der Waals surface area contributed by atoms with Crippen LogP contribution >= 0.6 is 0 Å². The summed E-state index contributed by atoms with van der Waals surface area (Å²) in [7, 11) is 1.28. The van der Waals surface area contributed by atoms with E-state index in [1.165, 1.54) is 7.11 Å². The summed E-state index contributed by atoms with van der Waals surface area (Å²) in [5.74, 6) is -0.753. The molecule has 0 saturated carbocycles. The fourth-order valence-electron chi connectivity index (χ4n) is 3.76. The molecule has 0 spiro atoms. The topological polar surface area (TPSA) is 98.8 Å². The lowest BCUT2D eigenvalue weighted by Gasteiger charge is -2.18. The van der Waals surface area contributed by atoms with Crippen LogP contribution in [0, 0.1) is 26.7 Å². The first kappa shape index (κ1) is 21.6. The Balaban J connectivity index is 1.98. The quantitative estimate of drug-likeness (QED) is 0.489. The summed E-state index contributed by atoms with van der Waals surface area (Å²) in [6.07, 6.45) is 1.93. The Bertz CT molecular complexity index is 1180.